The Morgan fingerprint density at radius 3 is 2.33 bits per heavy atom. The minimum Gasteiger partial charge on any atom is -0.400 e. The molecule has 0 spiro atoms. The molecule has 0 aromatic carbocycles. The van der Waals surface area contributed by atoms with E-state index in [0.29, 0.717) is 11.8 Å². The summed E-state index contributed by atoms with van der Waals surface area (Å²) in [5, 5.41) is 10.2. The summed E-state index contributed by atoms with van der Waals surface area (Å²) in [6.45, 7) is 7.99. The molecule has 0 bridgehead atoms. The van der Waals surface area contributed by atoms with Crippen LogP contribution < -0.4 is 5.32 Å². The van der Waals surface area contributed by atoms with Crippen LogP contribution in [0.3, 0.4) is 0 Å². The van der Waals surface area contributed by atoms with E-state index in [0.717, 1.165) is 46.1 Å². The van der Waals surface area contributed by atoms with Crippen LogP contribution >= 0.6 is 0 Å². The summed E-state index contributed by atoms with van der Waals surface area (Å²) in [6, 6.07) is 0. The number of carbonyl (C=O) groups excluding carboxylic acids is 1. The van der Waals surface area contributed by atoms with E-state index in [-0.39, 0.29) is 0 Å². The van der Waals surface area contributed by atoms with Gasteiger partial charge in [-0.1, -0.05) is 13.8 Å². The second-order valence-corrected chi connectivity index (χ2v) is 4.06. The third kappa shape index (κ3) is 6.47. The Morgan fingerprint density at radius 2 is 1.87 bits per heavy atom. The van der Waals surface area contributed by atoms with E-state index in [4.69, 9.17) is 5.11 Å². The van der Waals surface area contributed by atoms with E-state index in [1.807, 2.05) is 4.90 Å². The van der Waals surface area contributed by atoms with Crippen molar-refractivity contribution < 1.29 is 9.90 Å². The number of rotatable bonds is 3. The number of hydrogen-bond donors (Lipinski definition) is 2. The van der Waals surface area contributed by atoms with Gasteiger partial charge in [0, 0.05) is 39.7 Å². The quantitative estimate of drug-likeness (QED) is 0.721. The van der Waals surface area contributed by atoms with Gasteiger partial charge in [0.2, 0.25) is 5.91 Å². The molecule has 0 atom stereocenters. The first-order valence-electron chi connectivity index (χ1n) is 5.63. The van der Waals surface area contributed by atoms with Gasteiger partial charge >= 0.3 is 0 Å². The molecule has 1 aliphatic heterocycles. The zero-order chi connectivity index (χ0) is 11.7. The first kappa shape index (κ1) is 14.4. The molecule has 1 aliphatic rings. The Labute approximate surface area is 92.7 Å². The van der Waals surface area contributed by atoms with E-state index < -0.39 is 0 Å². The molecular formula is C11H24N2O2. The van der Waals surface area contributed by atoms with Crippen molar-refractivity contribution in [1.82, 2.24) is 10.2 Å². The molecule has 1 heterocycles. The summed E-state index contributed by atoms with van der Waals surface area (Å²) in [6.07, 6.45) is 1.74. The zero-order valence-electron chi connectivity index (χ0n) is 10.1. The second kappa shape index (κ2) is 8.68. The maximum atomic E-state index is 11.6. The van der Waals surface area contributed by atoms with Gasteiger partial charge in [-0.3, -0.25) is 4.79 Å². The number of hydrogen-bond acceptors (Lipinski definition) is 3. The Balaban J connectivity index is 0.000000921. The molecule has 4 heteroatoms. The number of nitrogens with one attached hydrogen (secondary N) is 1. The normalized spacial score (nSPS) is 15.9. The number of aliphatic hydroxyl groups excluding tert-OH is 1. The molecule has 4 nitrogen and oxygen atoms in total. The lowest BCUT2D eigenvalue weighted by Gasteiger charge is -2.27. The van der Waals surface area contributed by atoms with Gasteiger partial charge in [0.25, 0.3) is 0 Å². The van der Waals surface area contributed by atoms with Gasteiger partial charge in [-0.2, -0.15) is 0 Å². The smallest absolute Gasteiger partial charge is 0.222 e. The monoisotopic (exact) mass is 216 g/mol. The van der Waals surface area contributed by atoms with E-state index >= 15 is 0 Å². The predicted octanol–water partition coefficient (Wildman–Crippen LogP) is 0.463. The number of nitrogens with zero attached hydrogens (tertiary/aromatic N) is 1. The summed E-state index contributed by atoms with van der Waals surface area (Å²) in [4.78, 5) is 13.6. The predicted molar refractivity (Wildman–Crippen MR) is 61.7 cm³/mol. The van der Waals surface area contributed by atoms with Crippen molar-refractivity contribution in [2.75, 3.05) is 33.3 Å². The van der Waals surface area contributed by atoms with E-state index in [1.165, 1.54) is 0 Å². The van der Waals surface area contributed by atoms with Crippen LogP contribution in [0.2, 0.25) is 0 Å². The van der Waals surface area contributed by atoms with Crippen LogP contribution in [-0.4, -0.2) is 49.2 Å². The third-order valence-electron chi connectivity index (χ3n) is 2.41. The topological polar surface area (TPSA) is 52.6 Å². The van der Waals surface area contributed by atoms with Crippen molar-refractivity contribution in [3.05, 3.63) is 0 Å². The van der Waals surface area contributed by atoms with Gasteiger partial charge < -0.3 is 15.3 Å². The van der Waals surface area contributed by atoms with Crippen LogP contribution in [0.25, 0.3) is 0 Å². The summed E-state index contributed by atoms with van der Waals surface area (Å²) < 4.78 is 0. The Kier molecular flexibility index (Phi) is 8.33. The largest absolute Gasteiger partial charge is 0.400 e. The van der Waals surface area contributed by atoms with Gasteiger partial charge in [0.15, 0.2) is 0 Å². The fourth-order valence-corrected chi connectivity index (χ4v) is 1.48. The number of carbonyl (C=O) groups is 1. The summed E-state index contributed by atoms with van der Waals surface area (Å²) in [5.41, 5.74) is 0. The fourth-order valence-electron chi connectivity index (χ4n) is 1.48. The van der Waals surface area contributed by atoms with Crippen molar-refractivity contribution >= 4 is 5.91 Å². The molecule has 0 aromatic heterocycles. The van der Waals surface area contributed by atoms with Crippen molar-refractivity contribution in [3.8, 4) is 0 Å². The van der Waals surface area contributed by atoms with E-state index in [1.54, 1.807) is 0 Å². The highest BCUT2D eigenvalue weighted by atomic mass is 16.2. The number of piperazine rings is 1. The lowest BCUT2D eigenvalue weighted by molar-refractivity contribution is -0.132. The summed E-state index contributed by atoms with van der Waals surface area (Å²) in [5.74, 6) is 0.960. The maximum Gasteiger partial charge on any atom is 0.222 e. The number of amides is 1. The molecular weight excluding hydrogens is 192 g/mol. The molecule has 0 saturated carbocycles. The highest BCUT2D eigenvalue weighted by Crippen LogP contribution is 2.06. The minimum atomic E-state index is 0.329. The van der Waals surface area contributed by atoms with Crippen molar-refractivity contribution in [2.24, 2.45) is 5.92 Å². The van der Waals surface area contributed by atoms with Gasteiger partial charge in [-0.25, -0.2) is 0 Å². The average molecular weight is 216 g/mol. The standard InChI is InChI=1S/C10H20N2O.CH4O/c1-9(2)3-4-10(13)12-7-5-11-6-8-12;1-2/h9,11H,3-8H2,1-2H3;2H,1H3. The van der Waals surface area contributed by atoms with Gasteiger partial charge in [-0.05, 0) is 12.3 Å². The SMILES string of the molecule is CC(C)CCC(=O)N1CCNCC1.CO. The van der Waals surface area contributed by atoms with Crippen LogP contribution in [-0.2, 0) is 4.79 Å². The van der Waals surface area contributed by atoms with Crippen LogP contribution in [0.1, 0.15) is 26.7 Å². The molecule has 1 fully saturated rings. The van der Waals surface area contributed by atoms with E-state index in [2.05, 4.69) is 19.2 Å². The number of aliphatic hydroxyl groups is 1. The molecule has 1 rings (SSSR count). The van der Waals surface area contributed by atoms with Gasteiger partial charge in [0.05, 0.1) is 0 Å². The molecule has 15 heavy (non-hydrogen) atoms. The van der Waals surface area contributed by atoms with Crippen LogP contribution in [0.15, 0.2) is 0 Å². The molecule has 90 valence electrons. The lowest BCUT2D eigenvalue weighted by Crippen LogP contribution is -2.46. The molecule has 0 aliphatic carbocycles. The summed E-state index contributed by atoms with van der Waals surface area (Å²) in [7, 11) is 1.00. The highest BCUT2D eigenvalue weighted by Gasteiger charge is 2.15. The molecule has 0 aromatic rings. The first-order valence-corrected chi connectivity index (χ1v) is 5.63. The molecule has 1 saturated heterocycles. The Bertz CT molecular complexity index is 166. The Morgan fingerprint density at radius 1 is 1.33 bits per heavy atom. The zero-order valence-corrected chi connectivity index (χ0v) is 10.1. The fraction of sp³-hybridized carbons (Fsp3) is 0.909. The molecule has 0 unspecified atom stereocenters. The maximum absolute atomic E-state index is 11.6. The Hall–Kier alpha value is -0.610. The van der Waals surface area contributed by atoms with Crippen molar-refractivity contribution in [3.63, 3.8) is 0 Å². The van der Waals surface area contributed by atoms with Crippen LogP contribution in [0.5, 0.6) is 0 Å². The minimum absolute atomic E-state index is 0.329. The molecule has 2 N–H and O–H groups in total. The lowest BCUT2D eigenvalue weighted by atomic mass is 10.1. The van der Waals surface area contributed by atoms with Crippen LogP contribution in [0.4, 0.5) is 0 Å². The van der Waals surface area contributed by atoms with Gasteiger partial charge in [-0.15, -0.1) is 0 Å². The van der Waals surface area contributed by atoms with Crippen molar-refractivity contribution in [2.45, 2.75) is 26.7 Å². The van der Waals surface area contributed by atoms with Crippen molar-refractivity contribution in [1.29, 1.82) is 0 Å². The first-order chi connectivity index (χ1) is 7.20. The second-order valence-electron chi connectivity index (χ2n) is 4.06. The average Bonchev–Trinajstić information content (AvgIpc) is 2.30. The molecule has 0 radical (unpaired) electrons. The molecule has 1 amide bonds. The van der Waals surface area contributed by atoms with Crippen LogP contribution in [0, 0.1) is 5.92 Å². The highest BCUT2D eigenvalue weighted by molar-refractivity contribution is 5.76. The van der Waals surface area contributed by atoms with E-state index in [9.17, 15) is 4.79 Å². The summed E-state index contributed by atoms with van der Waals surface area (Å²) >= 11 is 0. The third-order valence-corrected chi connectivity index (χ3v) is 2.41. The van der Waals surface area contributed by atoms with Gasteiger partial charge in [0.1, 0.15) is 0 Å².